The summed E-state index contributed by atoms with van der Waals surface area (Å²) >= 11 is 0. The predicted molar refractivity (Wildman–Crippen MR) is 65.2 cm³/mol. The molecular formula is C14H16NO. The average Bonchev–Trinajstić information content (AvgIpc) is 2.27. The lowest BCUT2D eigenvalue weighted by Gasteiger charge is -2.15. The van der Waals surface area contributed by atoms with Crippen molar-refractivity contribution in [2.45, 2.75) is 25.9 Å². The quantitative estimate of drug-likeness (QED) is 0.719. The number of nitrogens with zero attached hydrogens (tertiary/aromatic N) is 1. The van der Waals surface area contributed by atoms with Gasteiger partial charge in [-0.2, -0.15) is 5.26 Å². The molecule has 1 unspecified atom stereocenters. The molecule has 0 spiro atoms. The Balaban J connectivity index is 3.21. The van der Waals surface area contributed by atoms with Crippen LogP contribution < -0.4 is 4.74 Å². The Morgan fingerprint density at radius 1 is 1.44 bits per heavy atom. The number of nitriles is 1. The maximum Gasteiger partial charge on any atom is 0.137 e. The van der Waals surface area contributed by atoms with Gasteiger partial charge in [0.2, 0.25) is 0 Å². The third kappa shape index (κ3) is 2.64. The fourth-order valence-corrected chi connectivity index (χ4v) is 1.46. The minimum atomic E-state index is -0.0923. The van der Waals surface area contributed by atoms with E-state index in [-0.39, 0.29) is 12.0 Å². The highest BCUT2D eigenvalue weighted by Crippen LogP contribution is 2.28. The summed E-state index contributed by atoms with van der Waals surface area (Å²) in [5.41, 5.74) is 1.41. The zero-order valence-electron chi connectivity index (χ0n) is 9.73. The van der Waals surface area contributed by atoms with Gasteiger partial charge in [-0.1, -0.05) is 18.2 Å². The normalized spacial score (nSPS) is 11.9. The van der Waals surface area contributed by atoms with Gasteiger partial charge in [-0.3, -0.25) is 0 Å². The van der Waals surface area contributed by atoms with Crippen LogP contribution in [-0.2, 0) is 0 Å². The summed E-state index contributed by atoms with van der Waals surface area (Å²) in [5.74, 6) is 0.524. The lowest BCUT2D eigenvalue weighted by Crippen LogP contribution is -2.08. The molecule has 0 saturated heterocycles. The molecule has 1 aromatic carbocycles. The fraction of sp³-hybridized carbons (Fsp3) is 0.286. The van der Waals surface area contributed by atoms with Crippen molar-refractivity contribution in [3.8, 4) is 11.8 Å². The van der Waals surface area contributed by atoms with Crippen molar-refractivity contribution in [3.63, 3.8) is 0 Å². The van der Waals surface area contributed by atoms with Crippen LogP contribution in [0.1, 0.15) is 30.9 Å². The first-order valence-electron chi connectivity index (χ1n) is 5.25. The number of allylic oxidation sites excluding steroid dienone is 1. The predicted octanol–water partition coefficient (Wildman–Crippen LogP) is 3.45. The zero-order valence-corrected chi connectivity index (χ0v) is 9.73. The van der Waals surface area contributed by atoms with Gasteiger partial charge in [-0.05, 0) is 32.4 Å². The Labute approximate surface area is 97.2 Å². The first-order valence-corrected chi connectivity index (χ1v) is 5.25. The van der Waals surface area contributed by atoms with E-state index in [4.69, 9.17) is 10.00 Å². The Morgan fingerprint density at radius 2 is 2.12 bits per heavy atom. The highest BCUT2D eigenvalue weighted by atomic mass is 16.5. The summed E-state index contributed by atoms with van der Waals surface area (Å²) in [5, 5.41) is 9.16. The molecule has 1 rings (SSSR count). The first-order chi connectivity index (χ1) is 7.60. The van der Waals surface area contributed by atoms with Gasteiger partial charge in [0, 0.05) is 5.92 Å². The highest BCUT2D eigenvalue weighted by Gasteiger charge is 2.13. The molecular weight excluding hydrogens is 198 g/mol. The van der Waals surface area contributed by atoms with Gasteiger partial charge in [0.15, 0.2) is 0 Å². The van der Waals surface area contributed by atoms with Crippen LogP contribution in [0.2, 0.25) is 0 Å². The van der Waals surface area contributed by atoms with Gasteiger partial charge < -0.3 is 4.74 Å². The van der Waals surface area contributed by atoms with Crippen LogP contribution in [0.4, 0.5) is 0 Å². The van der Waals surface area contributed by atoms with Crippen LogP contribution in [0.15, 0.2) is 30.9 Å². The lowest BCUT2D eigenvalue weighted by atomic mass is 9.96. The molecule has 0 aliphatic carbocycles. The third-order valence-corrected chi connectivity index (χ3v) is 2.22. The van der Waals surface area contributed by atoms with Crippen LogP contribution in [0.3, 0.4) is 0 Å². The molecule has 0 heterocycles. The SMILES string of the molecule is [CH2]C(C=C)c1cccc(OC(C)C)c1C#N. The molecule has 16 heavy (non-hydrogen) atoms. The molecule has 83 valence electrons. The van der Waals surface area contributed by atoms with Crippen LogP contribution in [0.25, 0.3) is 0 Å². The molecule has 1 atom stereocenters. The molecule has 0 bridgehead atoms. The van der Waals surface area contributed by atoms with Gasteiger partial charge in [0.05, 0.1) is 11.7 Å². The second kappa shape index (κ2) is 5.37. The fourth-order valence-electron chi connectivity index (χ4n) is 1.46. The molecule has 0 aliphatic heterocycles. The monoisotopic (exact) mass is 214 g/mol. The summed E-state index contributed by atoms with van der Waals surface area (Å²) in [4.78, 5) is 0. The van der Waals surface area contributed by atoms with Gasteiger partial charge in [0.1, 0.15) is 11.8 Å². The largest absolute Gasteiger partial charge is 0.490 e. The molecule has 0 aromatic heterocycles. The summed E-state index contributed by atoms with van der Waals surface area (Å²) < 4.78 is 5.59. The second-order valence-corrected chi connectivity index (χ2v) is 3.84. The van der Waals surface area contributed by atoms with E-state index in [1.165, 1.54) is 0 Å². The number of hydrogen-bond donors (Lipinski definition) is 0. The summed E-state index contributed by atoms with van der Waals surface area (Å²) in [6.45, 7) is 11.5. The van der Waals surface area contributed by atoms with Gasteiger partial charge in [-0.15, -0.1) is 6.58 Å². The maximum absolute atomic E-state index is 9.16. The number of hydrogen-bond acceptors (Lipinski definition) is 2. The Kier molecular flexibility index (Phi) is 4.13. The maximum atomic E-state index is 9.16. The van der Waals surface area contributed by atoms with Crippen LogP contribution in [-0.4, -0.2) is 6.10 Å². The smallest absolute Gasteiger partial charge is 0.137 e. The molecule has 2 heteroatoms. The summed E-state index contributed by atoms with van der Waals surface area (Å²) in [6, 6.07) is 7.73. The average molecular weight is 214 g/mol. The van der Waals surface area contributed by atoms with Crippen LogP contribution in [0, 0.1) is 18.3 Å². The molecule has 2 nitrogen and oxygen atoms in total. The minimum Gasteiger partial charge on any atom is -0.490 e. The van der Waals surface area contributed by atoms with Crippen molar-refractivity contribution in [1.82, 2.24) is 0 Å². The lowest BCUT2D eigenvalue weighted by molar-refractivity contribution is 0.241. The number of ether oxygens (including phenoxy) is 1. The zero-order chi connectivity index (χ0) is 12.1. The summed E-state index contributed by atoms with van der Waals surface area (Å²) in [7, 11) is 0. The van der Waals surface area contributed by atoms with E-state index in [0.29, 0.717) is 11.3 Å². The van der Waals surface area contributed by atoms with Crippen molar-refractivity contribution in [3.05, 3.63) is 48.9 Å². The first kappa shape index (κ1) is 12.3. The molecule has 1 radical (unpaired) electrons. The minimum absolute atomic E-state index is 0.0503. The molecule has 0 amide bonds. The highest BCUT2D eigenvalue weighted by molar-refractivity contribution is 5.51. The standard InChI is InChI=1S/C14H16NO/c1-5-11(4)12-7-6-8-14(13(12)9-15)16-10(2)3/h5-8,10-11H,1,4H2,2-3H3. The Hall–Kier alpha value is -1.75. The number of rotatable bonds is 4. The van der Waals surface area contributed by atoms with E-state index in [0.717, 1.165) is 5.56 Å². The van der Waals surface area contributed by atoms with E-state index in [1.807, 2.05) is 26.0 Å². The van der Waals surface area contributed by atoms with Crippen molar-refractivity contribution in [1.29, 1.82) is 5.26 Å². The summed E-state index contributed by atoms with van der Waals surface area (Å²) in [6.07, 6.45) is 1.77. The topological polar surface area (TPSA) is 33.0 Å². The second-order valence-electron chi connectivity index (χ2n) is 3.84. The van der Waals surface area contributed by atoms with Crippen molar-refractivity contribution in [2.75, 3.05) is 0 Å². The van der Waals surface area contributed by atoms with E-state index >= 15 is 0 Å². The van der Waals surface area contributed by atoms with Crippen molar-refractivity contribution >= 4 is 0 Å². The van der Waals surface area contributed by atoms with Crippen LogP contribution in [0.5, 0.6) is 5.75 Å². The number of benzene rings is 1. The molecule has 0 aliphatic rings. The van der Waals surface area contributed by atoms with Gasteiger partial charge >= 0.3 is 0 Å². The van der Waals surface area contributed by atoms with E-state index in [2.05, 4.69) is 19.6 Å². The van der Waals surface area contributed by atoms with E-state index in [9.17, 15) is 0 Å². The van der Waals surface area contributed by atoms with E-state index < -0.39 is 0 Å². The molecule has 0 fully saturated rings. The van der Waals surface area contributed by atoms with Crippen molar-refractivity contribution in [2.24, 2.45) is 0 Å². The molecule has 1 aromatic rings. The van der Waals surface area contributed by atoms with Gasteiger partial charge in [-0.25, -0.2) is 0 Å². The Morgan fingerprint density at radius 3 is 2.62 bits per heavy atom. The van der Waals surface area contributed by atoms with Gasteiger partial charge in [0.25, 0.3) is 0 Å². The van der Waals surface area contributed by atoms with E-state index in [1.54, 1.807) is 12.1 Å². The molecule has 0 N–H and O–H groups in total. The third-order valence-electron chi connectivity index (χ3n) is 2.22. The van der Waals surface area contributed by atoms with Crippen LogP contribution >= 0.6 is 0 Å². The Bertz CT molecular complexity index is 415. The molecule has 0 saturated carbocycles. The van der Waals surface area contributed by atoms with Crippen molar-refractivity contribution < 1.29 is 4.74 Å².